The molecule has 2 nitrogen and oxygen atoms in total. The van der Waals surface area contributed by atoms with Crippen molar-refractivity contribution in [1.29, 1.82) is 0 Å². The topological polar surface area (TPSA) is 6.48 Å². The summed E-state index contributed by atoms with van der Waals surface area (Å²) in [6.45, 7) is 45.2. The normalized spacial score (nSPS) is 23.5. The van der Waals surface area contributed by atoms with Gasteiger partial charge in [0.1, 0.15) is 0 Å². The van der Waals surface area contributed by atoms with E-state index in [1.807, 2.05) is 0 Å². The van der Waals surface area contributed by atoms with Crippen LogP contribution in [0.3, 0.4) is 0 Å². The van der Waals surface area contributed by atoms with Crippen LogP contribution in [0.15, 0.2) is 60.7 Å². The van der Waals surface area contributed by atoms with Crippen molar-refractivity contribution < 1.29 is 0 Å². The lowest BCUT2D eigenvalue weighted by Crippen LogP contribution is -2.61. The van der Waals surface area contributed by atoms with E-state index in [0.717, 1.165) is 6.42 Å². The SMILES string of the molecule is CCC(C)c1cc2c3c(c1)N(c1ccc4c(c1)C(C)(C)CCC4(C)C)c1c(sc4c1C(C)(C)CCC4(C)C)B3c1cc3c(cc1N2c1ccc2c(c1)C(C)(C)CCC2(C)C)C(C)(C)CCC3(C)C. The lowest BCUT2D eigenvalue weighted by atomic mass is 9.35. The largest absolute Gasteiger partial charge is 0.311 e. The van der Waals surface area contributed by atoms with Gasteiger partial charge in [-0.1, -0.05) is 143 Å². The van der Waals surface area contributed by atoms with Gasteiger partial charge in [-0.15, -0.1) is 0 Å². The van der Waals surface area contributed by atoms with Crippen molar-refractivity contribution >= 4 is 67.9 Å². The second-order valence-corrected chi connectivity index (χ2v) is 29.4. The maximum absolute atomic E-state index is 2.85. The minimum absolute atomic E-state index is 0.0341. The smallest absolute Gasteiger partial charge is 0.264 e. The van der Waals surface area contributed by atoms with Crippen LogP contribution in [0.25, 0.3) is 0 Å². The van der Waals surface area contributed by atoms with E-state index in [2.05, 4.69) is 206 Å². The Morgan fingerprint density at radius 1 is 0.471 bits per heavy atom. The van der Waals surface area contributed by atoms with Gasteiger partial charge in [0.2, 0.25) is 0 Å². The van der Waals surface area contributed by atoms with Gasteiger partial charge in [-0.2, -0.15) is 11.3 Å². The molecule has 1 unspecified atom stereocenters. The van der Waals surface area contributed by atoms with Crippen molar-refractivity contribution in [2.24, 2.45) is 0 Å². The van der Waals surface area contributed by atoms with Crippen molar-refractivity contribution in [1.82, 2.24) is 0 Å². The van der Waals surface area contributed by atoms with Gasteiger partial charge in [0.05, 0.1) is 5.69 Å². The van der Waals surface area contributed by atoms with Gasteiger partial charge >= 0.3 is 0 Å². The van der Waals surface area contributed by atoms with Crippen LogP contribution in [0, 0.1) is 0 Å². The molecule has 6 aliphatic rings. The van der Waals surface area contributed by atoms with E-state index in [0.29, 0.717) is 5.92 Å². The maximum Gasteiger partial charge on any atom is 0.264 e. The van der Waals surface area contributed by atoms with E-state index >= 15 is 0 Å². The van der Waals surface area contributed by atoms with E-state index in [1.165, 1.54) is 124 Å². The number of hydrogen-bond donors (Lipinski definition) is 0. The fourth-order valence-electron chi connectivity index (χ4n) is 14.4. The summed E-state index contributed by atoms with van der Waals surface area (Å²) in [4.78, 5) is 7.25. The van der Waals surface area contributed by atoms with Crippen LogP contribution in [0.5, 0.6) is 0 Å². The van der Waals surface area contributed by atoms with Crippen LogP contribution in [-0.2, 0) is 43.3 Å². The molecule has 0 amide bonds. The Bertz CT molecular complexity index is 2950. The van der Waals surface area contributed by atoms with Crippen molar-refractivity contribution in [3.63, 3.8) is 0 Å². The molecule has 0 bridgehead atoms. The van der Waals surface area contributed by atoms with Crippen molar-refractivity contribution in [2.75, 3.05) is 9.80 Å². The summed E-state index contributed by atoms with van der Waals surface area (Å²) in [6, 6.07) is 26.3. The molecule has 0 radical (unpaired) electrons. The predicted molar refractivity (Wildman–Crippen MR) is 298 cm³/mol. The minimum atomic E-state index is 0.0341. The first-order valence-electron chi connectivity index (χ1n) is 27.0. The Hall–Kier alpha value is -3.76. The van der Waals surface area contributed by atoms with Gasteiger partial charge < -0.3 is 9.80 Å². The number of thiophene rings is 1. The third-order valence-electron chi connectivity index (χ3n) is 19.9. The quantitative estimate of drug-likeness (QED) is 0.162. The van der Waals surface area contributed by atoms with Crippen LogP contribution in [0.2, 0.25) is 0 Å². The molecule has 0 N–H and O–H groups in total. The Kier molecular flexibility index (Phi) is 9.90. The number of hydrogen-bond acceptors (Lipinski definition) is 3. The zero-order valence-electron chi connectivity index (χ0n) is 45.6. The number of fused-ring (bicyclic) bond motifs is 9. The standard InChI is InChI=1S/C64H83BN2S/c1-19-38(2)39-32-50-53-51(33-39)67(41-21-23-43-45(35-41)60(9,10)27-25-58(43,5)6)54-52-55(64(17,18)31-30-63(52,15)16)68-56(54)65(53)48-36-46-47(62(13,14)29-28-61(46,11)12)37-49(48)66(50)40-20-22-42-44(34-40)59(7,8)26-24-57(42,3)4/h20-23,32-38H,19,24-31H2,1-18H3. The van der Waals surface area contributed by atoms with Crippen molar-refractivity contribution in [3.8, 4) is 0 Å². The lowest BCUT2D eigenvalue weighted by molar-refractivity contribution is 0.332. The molecular formula is C64H83BN2S. The number of benzene rings is 4. The van der Waals surface area contributed by atoms with Crippen LogP contribution in [0.4, 0.5) is 34.1 Å². The Labute approximate surface area is 417 Å². The fourth-order valence-corrected chi connectivity index (χ4v) is 16.1. The predicted octanol–water partition coefficient (Wildman–Crippen LogP) is 16.7. The van der Waals surface area contributed by atoms with E-state index in [4.69, 9.17) is 0 Å². The monoisotopic (exact) mass is 923 g/mol. The molecule has 3 heterocycles. The lowest BCUT2D eigenvalue weighted by Gasteiger charge is -2.48. The zero-order chi connectivity index (χ0) is 48.8. The molecule has 11 rings (SSSR count). The van der Waals surface area contributed by atoms with Gasteiger partial charge in [-0.05, 0) is 205 Å². The first-order chi connectivity index (χ1) is 31.5. The summed E-state index contributed by atoms with van der Waals surface area (Å²) in [7, 11) is 0. The van der Waals surface area contributed by atoms with Crippen LogP contribution >= 0.6 is 11.3 Å². The molecule has 68 heavy (non-hydrogen) atoms. The van der Waals surface area contributed by atoms with E-state index in [-0.39, 0.29) is 50.0 Å². The molecule has 0 saturated heterocycles. The Morgan fingerprint density at radius 3 is 1.38 bits per heavy atom. The molecule has 1 atom stereocenters. The van der Waals surface area contributed by atoms with Crippen LogP contribution in [0.1, 0.15) is 238 Å². The average Bonchev–Trinajstić information content (AvgIpc) is 3.69. The van der Waals surface area contributed by atoms with E-state index in [1.54, 1.807) is 26.3 Å². The highest BCUT2D eigenvalue weighted by molar-refractivity contribution is 7.29. The summed E-state index contributed by atoms with van der Waals surface area (Å²) in [5, 5.41) is 0. The van der Waals surface area contributed by atoms with Crippen LogP contribution in [-0.4, -0.2) is 6.71 Å². The second-order valence-electron chi connectivity index (χ2n) is 28.4. The highest BCUT2D eigenvalue weighted by Crippen LogP contribution is 2.59. The summed E-state index contributed by atoms with van der Waals surface area (Å²) >= 11 is 2.18. The van der Waals surface area contributed by atoms with Gasteiger partial charge in [0, 0.05) is 38.1 Å². The first kappa shape index (κ1) is 46.6. The van der Waals surface area contributed by atoms with E-state index in [9.17, 15) is 0 Å². The molecule has 5 aromatic rings. The highest BCUT2D eigenvalue weighted by atomic mass is 32.1. The molecule has 0 saturated carbocycles. The molecule has 358 valence electrons. The fraction of sp³-hybridized carbons (Fsp3) is 0.562. The third kappa shape index (κ3) is 6.59. The minimum Gasteiger partial charge on any atom is -0.311 e. The maximum atomic E-state index is 2.85. The van der Waals surface area contributed by atoms with Crippen LogP contribution < -0.4 is 25.5 Å². The van der Waals surface area contributed by atoms with Crippen molar-refractivity contribution in [3.05, 3.63) is 110 Å². The molecular weight excluding hydrogens is 840 g/mol. The van der Waals surface area contributed by atoms with Gasteiger partial charge in [0.15, 0.2) is 0 Å². The summed E-state index contributed by atoms with van der Waals surface area (Å²) in [5.74, 6) is 0.406. The van der Waals surface area contributed by atoms with E-state index < -0.39 is 0 Å². The summed E-state index contributed by atoms with van der Waals surface area (Å²) in [5.41, 5.74) is 24.4. The number of rotatable bonds is 4. The molecule has 1 aromatic heterocycles. The molecule has 2 aliphatic heterocycles. The average molecular weight is 923 g/mol. The molecule has 4 aromatic carbocycles. The summed E-state index contributed by atoms with van der Waals surface area (Å²) in [6.07, 6.45) is 10.7. The van der Waals surface area contributed by atoms with Gasteiger partial charge in [-0.25, -0.2) is 0 Å². The highest BCUT2D eigenvalue weighted by Gasteiger charge is 2.53. The first-order valence-corrected chi connectivity index (χ1v) is 27.8. The zero-order valence-corrected chi connectivity index (χ0v) is 46.4. The van der Waals surface area contributed by atoms with Gasteiger partial charge in [0.25, 0.3) is 6.71 Å². The summed E-state index contributed by atoms with van der Waals surface area (Å²) < 4.78 is 1.56. The number of anilines is 6. The molecule has 0 spiro atoms. The van der Waals surface area contributed by atoms with Gasteiger partial charge in [-0.3, -0.25) is 0 Å². The Morgan fingerprint density at radius 2 is 0.882 bits per heavy atom. The number of nitrogens with zero attached hydrogens (tertiary/aromatic N) is 2. The molecule has 4 heteroatoms. The van der Waals surface area contributed by atoms with Crippen molar-refractivity contribution in [2.45, 2.75) is 232 Å². The third-order valence-corrected chi connectivity index (χ3v) is 21.5. The Balaban J connectivity index is 1.30. The molecule has 4 aliphatic carbocycles. The second kappa shape index (κ2) is 14.4. The molecule has 0 fully saturated rings.